The molecule has 1 rings (SSSR count). The molecule has 0 unspecified atom stereocenters. The Morgan fingerprint density at radius 3 is 2.82 bits per heavy atom. The first kappa shape index (κ1) is 9.06. The predicted molar refractivity (Wildman–Crippen MR) is 55.2 cm³/mol. The molecule has 0 saturated carbocycles. The number of halogens is 1. The summed E-state index contributed by atoms with van der Waals surface area (Å²) < 4.78 is 6.38. The van der Waals surface area contributed by atoms with Crippen LogP contribution < -0.4 is 4.74 Å². The Hall–Kier alpha value is -0.0331. The third-order valence-electron chi connectivity index (χ3n) is 1.44. The second kappa shape index (κ2) is 4.11. The first-order valence-corrected chi connectivity index (χ1v) is 5.03. The third-order valence-corrected chi connectivity index (χ3v) is 2.49. The Morgan fingerprint density at radius 1 is 1.55 bits per heavy atom. The van der Waals surface area contributed by atoms with Crippen molar-refractivity contribution in [1.29, 1.82) is 0 Å². The van der Waals surface area contributed by atoms with Crippen molar-refractivity contribution in [3.8, 4) is 5.75 Å². The van der Waals surface area contributed by atoms with Crippen LogP contribution in [-0.2, 0) is 6.04 Å². The molecule has 0 aliphatic rings. The largest absolute Gasteiger partial charge is 0.496 e. The van der Waals surface area contributed by atoms with Crippen LogP contribution >= 0.6 is 22.6 Å². The van der Waals surface area contributed by atoms with Gasteiger partial charge in [-0.15, -0.1) is 0 Å². The molecule has 57 valence electrons. The summed E-state index contributed by atoms with van der Waals surface area (Å²) in [5, 5.41) is 0. The van der Waals surface area contributed by atoms with Gasteiger partial charge in [0, 0.05) is 13.8 Å². The van der Waals surface area contributed by atoms with Crippen LogP contribution in [0.3, 0.4) is 0 Å². The van der Waals surface area contributed by atoms with Crippen molar-refractivity contribution >= 4 is 32.8 Å². The average Bonchev–Trinajstić information content (AvgIpc) is 2.04. The summed E-state index contributed by atoms with van der Waals surface area (Å²) in [6.45, 7) is 0. The summed E-state index contributed by atoms with van der Waals surface area (Å²) in [4.78, 5) is 0. The SMILES string of the molecule is COc1cc(I)ccc1C[Si]. The van der Waals surface area contributed by atoms with Gasteiger partial charge in [-0.05, 0) is 46.3 Å². The van der Waals surface area contributed by atoms with Crippen LogP contribution in [0.5, 0.6) is 5.75 Å². The van der Waals surface area contributed by atoms with Gasteiger partial charge in [0.15, 0.2) is 0 Å². The average molecular weight is 275 g/mol. The normalized spacial score (nSPS) is 9.73. The van der Waals surface area contributed by atoms with Crippen LogP contribution in [0.25, 0.3) is 0 Å². The molecule has 0 aromatic heterocycles. The van der Waals surface area contributed by atoms with Crippen LogP contribution in [0.1, 0.15) is 5.56 Å². The Labute approximate surface area is 83.7 Å². The highest BCUT2D eigenvalue weighted by Gasteiger charge is 1.99. The molecule has 1 aromatic carbocycles. The highest BCUT2D eigenvalue weighted by molar-refractivity contribution is 14.1. The van der Waals surface area contributed by atoms with E-state index in [-0.39, 0.29) is 0 Å². The summed E-state index contributed by atoms with van der Waals surface area (Å²) in [7, 11) is 5.13. The highest BCUT2D eigenvalue weighted by Crippen LogP contribution is 2.20. The van der Waals surface area contributed by atoms with E-state index in [2.05, 4.69) is 45.0 Å². The molecule has 3 heteroatoms. The molecule has 1 nitrogen and oxygen atoms in total. The van der Waals surface area contributed by atoms with Crippen molar-refractivity contribution in [1.82, 2.24) is 0 Å². The Morgan fingerprint density at radius 2 is 2.27 bits per heavy atom. The summed E-state index contributed by atoms with van der Waals surface area (Å²) in [5.41, 5.74) is 1.18. The van der Waals surface area contributed by atoms with Gasteiger partial charge < -0.3 is 4.74 Å². The van der Waals surface area contributed by atoms with E-state index in [1.54, 1.807) is 7.11 Å². The minimum atomic E-state index is 0.833. The number of hydrogen-bond acceptors (Lipinski definition) is 1. The Kier molecular flexibility index (Phi) is 3.38. The molecule has 0 heterocycles. The van der Waals surface area contributed by atoms with Crippen LogP contribution in [0.4, 0.5) is 0 Å². The van der Waals surface area contributed by atoms with Crippen molar-refractivity contribution in [2.45, 2.75) is 6.04 Å². The second-order valence-corrected chi connectivity index (χ2v) is 3.73. The number of methoxy groups -OCH3 is 1. The molecule has 0 aliphatic carbocycles. The summed E-state index contributed by atoms with van der Waals surface area (Å²) in [5.74, 6) is 0.951. The van der Waals surface area contributed by atoms with Crippen molar-refractivity contribution < 1.29 is 4.74 Å². The van der Waals surface area contributed by atoms with Gasteiger partial charge in [-0.3, -0.25) is 0 Å². The van der Waals surface area contributed by atoms with E-state index >= 15 is 0 Å². The molecular formula is C8H8IOSi. The van der Waals surface area contributed by atoms with Crippen molar-refractivity contribution in [3.63, 3.8) is 0 Å². The quantitative estimate of drug-likeness (QED) is 0.592. The minimum Gasteiger partial charge on any atom is -0.496 e. The lowest BCUT2D eigenvalue weighted by Crippen LogP contribution is -1.92. The molecule has 0 N–H and O–H groups in total. The first-order valence-electron chi connectivity index (χ1n) is 3.25. The molecule has 3 radical (unpaired) electrons. The topological polar surface area (TPSA) is 9.23 Å². The van der Waals surface area contributed by atoms with Crippen molar-refractivity contribution in [3.05, 3.63) is 27.3 Å². The van der Waals surface area contributed by atoms with Crippen molar-refractivity contribution in [2.75, 3.05) is 7.11 Å². The molecular weight excluding hydrogens is 267 g/mol. The van der Waals surface area contributed by atoms with Crippen molar-refractivity contribution in [2.24, 2.45) is 0 Å². The Balaban J connectivity index is 3.06. The fraction of sp³-hybridized carbons (Fsp3) is 0.250. The lowest BCUT2D eigenvalue weighted by atomic mass is 10.2. The molecule has 0 amide bonds. The van der Waals surface area contributed by atoms with Crippen LogP contribution in [-0.4, -0.2) is 17.4 Å². The maximum Gasteiger partial charge on any atom is 0.122 e. The van der Waals surface area contributed by atoms with E-state index in [1.807, 2.05) is 6.07 Å². The zero-order chi connectivity index (χ0) is 8.27. The van der Waals surface area contributed by atoms with E-state index in [4.69, 9.17) is 4.74 Å². The fourth-order valence-corrected chi connectivity index (χ4v) is 1.62. The van der Waals surface area contributed by atoms with Crippen LogP contribution in [0, 0.1) is 3.57 Å². The number of rotatable bonds is 2. The molecule has 0 spiro atoms. The first-order chi connectivity index (χ1) is 5.27. The van der Waals surface area contributed by atoms with Crippen LogP contribution in [0.15, 0.2) is 18.2 Å². The zero-order valence-electron chi connectivity index (χ0n) is 6.23. The molecule has 0 bridgehead atoms. The number of benzene rings is 1. The van der Waals surface area contributed by atoms with E-state index in [0.717, 1.165) is 11.8 Å². The second-order valence-electron chi connectivity index (χ2n) is 2.13. The van der Waals surface area contributed by atoms with E-state index < -0.39 is 0 Å². The third kappa shape index (κ3) is 2.20. The van der Waals surface area contributed by atoms with Crippen LogP contribution in [0.2, 0.25) is 0 Å². The van der Waals surface area contributed by atoms with E-state index in [1.165, 1.54) is 9.13 Å². The van der Waals surface area contributed by atoms with Gasteiger partial charge >= 0.3 is 0 Å². The summed E-state index contributed by atoms with van der Waals surface area (Å²) >= 11 is 2.27. The summed E-state index contributed by atoms with van der Waals surface area (Å²) in [6.07, 6.45) is 0. The monoisotopic (exact) mass is 275 g/mol. The Bertz CT molecular complexity index is 250. The van der Waals surface area contributed by atoms with Gasteiger partial charge in [-0.2, -0.15) is 0 Å². The summed E-state index contributed by atoms with van der Waals surface area (Å²) in [6, 6.07) is 6.99. The number of ether oxygens (including phenoxy) is 1. The molecule has 0 atom stereocenters. The maximum absolute atomic E-state index is 5.18. The van der Waals surface area contributed by atoms with Gasteiger partial charge in [0.05, 0.1) is 7.11 Å². The standard InChI is InChI=1S/C8H8IOSi/c1-10-8-4-7(9)3-2-6(8)5-11/h2-4H,5H2,1H3. The van der Waals surface area contributed by atoms with E-state index in [0.29, 0.717) is 0 Å². The van der Waals surface area contributed by atoms with Gasteiger partial charge in [-0.1, -0.05) is 6.07 Å². The smallest absolute Gasteiger partial charge is 0.122 e. The molecule has 0 aliphatic heterocycles. The highest BCUT2D eigenvalue weighted by atomic mass is 127. The van der Waals surface area contributed by atoms with Gasteiger partial charge in [0.25, 0.3) is 0 Å². The number of hydrogen-bond donors (Lipinski definition) is 0. The van der Waals surface area contributed by atoms with Gasteiger partial charge in [0.2, 0.25) is 0 Å². The minimum absolute atomic E-state index is 0.833. The molecule has 1 aromatic rings. The molecule has 0 saturated heterocycles. The maximum atomic E-state index is 5.18. The lowest BCUT2D eigenvalue weighted by Gasteiger charge is -2.05. The fourth-order valence-electron chi connectivity index (χ4n) is 0.864. The van der Waals surface area contributed by atoms with Gasteiger partial charge in [-0.25, -0.2) is 0 Å². The molecule has 0 fully saturated rings. The zero-order valence-corrected chi connectivity index (χ0v) is 9.38. The van der Waals surface area contributed by atoms with E-state index in [9.17, 15) is 0 Å². The van der Waals surface area contributed by atoms with Gasteiger partial charge in [0.1, 0.15) is 5.75 Å². The lowest BCUT2D eigenvalue weighted by molar-refractivity contribution is 0.411. The predicted octanol–water partition coefficient (Wildman–Crippen LogP) is 1.97. The molecule has 11 heavy (non-hydrogen) atoms.